The van der Waals surface area contributed by atoms with E-state index < -0.39 is 0 Å². The Morgan fingerprint density at radius 3 is 2.47 bits per heavy atom. The Hall–Kier alpha value is -2.57. The second-order valence-corrected chi connectivity index (χ2v) is 8.66. The second-order valence-electron chi connectivity index (χ2n) is 8.66. The first-order chi connectivity index (χ1) is 14.5. The number of benzene rings is 1. The predicted molar refractivity (Wildman–Crippen MR) is 120 cm³/mol. The number of aliphatic imine (C=N–C) groups is 1. The van der Waals surface area contributed by atoms with Crippen molar-refractivity contribution in [3.63, 3.8) is 0 Å². The van der Waals surface area contributed by atoms with Crippen molar-refractivity contribution in [1.29, 1.82) is 0 Å². The molecule has 1 aliphatic carbocycles. The molecule has 1 saturated heterocycles. The summed E-state index contributed by atoms with van der Waals surface area (Å²) in [6.07, 6.45) is 5.43. The van der Waals surface area contributed by atoms with Gasteiger partial charge in [-0.1, -0.05) is 38.8 Å². The Labute approximate surface area is 179 Å². The summed E-state index contributed by atoms with van der Waals surface area (Å²) in [6.45, 7) is 5.96. The minimum atomic E-state index is -0.0410. The largest absolute Gasteiger partial charge is 0.352 e. The number of nitrogens with one attached hydrogen (secondary N) is 3. The van der Waals surface area contributed by atoms with Crippen molar-refractivity contribution in [2.75, 3.05) is 25.5 Å². The SMILES string of the molecule is CN=C(NCc1ccc(NC(=O)C(C)C)cc1)NC1CCN(C(=O)C2CCCC2)C1. The topological polar surface area (TPSA) is 85.8 Å². The van der Waals surface area contributed by atoms with Gasteiger partial charge < -0.3 is 20.9 Å². The highest BCUT2D eigenvalue weighted by Gasteiger charge is 2.32. The molecule has 0 spiro atoms. The van der Waals surface area contributed by atoms with Gasteiger partial charge in [-0.25, -0.2) is 0 Å². The molecule has 1 saturated carbocycles. The van der Waals surface area contributed by atoms with Crippen LogP contribution < -0.4 is 16.0 Å². The molecule has 0 aromatic heterocycles. The Bertz CT molecular complexity index is 753. The van der Waals surface area contributed by atoms with Crippen molar-refractivity contribution < 1.29 is 9.59 Å². The maximum atomic E-state index is 12.6. The van der Waals surface area contributed by atoms with Gasteiger partial charge in [0, 0.05) is 50.2 Å². The number of rotatable bonds is 6. The molecule has 1 aromatic rings. The highest BCUT2D eigenvalue weighted by Crippen LogP contribution is 2.27. The maximum absolute atomic E-state index is 12.6. The highest BCUT2D eigenvalue weighted by atomic mass is 16.2. The zero-order valence-electron chi connectivity index (χ0n) is 18.4. The summed E-state index contributed by atoms with van der Waals surface area (Å²) >= 11 is 0. The average molecular weight is 414 g/mol. The lowest BCUT2D eigenvalue weighted by Gasteiger charge is -2.21. The number of hydrogen-bond acceptors (Lipinski definition) is 3. The van der Waals surface area contributed by atoms with Crippen LogP contribution >= 0.6 is 0 Å². The fourth-order valence-electron chi connectivity index (χ4n) is 4.08. The molecule has 0 radical (unpaired) electrons. The van der Waals surface area contributed by atoms with Crippen molar-refractivity contribution in [2.24, 2.45) is 16.8 Å². The number of carbonyl (C=O) groups is 2. The first kappa shape index (κ1) is 22.1. The number of likely N-dealkylation sites (tertiary alicyclic amines) is 1. The normalized spacial score (nSPS) is 19.9. The van der Waals surface area contributed by atoms with Gasteiger partial charge in [0.05, 0.1) is 0 Å². The van der Waals surface area contributed by atoms with Crippen LogP contribution in [0.15, 0.2) is 29.3 Å². The molecule has 2 amide bonds. The van der Waals surface area contributed by atoms with E-state index in [9.17, 15) is 9.59 Å². The molecule has 2 fully saturated rings. The molecule has 3 rings (SSSR count). The summed E-state index contributed by atoms with van der Waals surface area (Å²) in [5.74, 6) is 1.30. The summed E-state index contributed by atoms with van der Waals surface area (Å²) in [6, 6.07) is 8.05. The molecular formula is C23H35N5O2. The molecule has 164 valence electrons. The van der Waals surface area contributed by atoms with E-state index in [1.165, 1.54) is 12.8 Å². The number of amides is 2. The third-order valence-corrected chi connectivity index (χ3v) is 5.97. The van der Waals surface area contributed by atoms with Crippen LogP contribution in [0, 0.1) is 11.8 Å². The Morgan fingerprint density at radius 2 is 1.83 bits per heavy atom. The average Bonchev–Trinajstić information content (AvgIpc) is 3.44. The van der Waals surface area contributed by atoms with Gasteiger partial charge in [-0.05, 0) is 37.0 Å². The van der Waals surface area contributed by atoms with Crippen LogP contribution in [0.5, 0.6) is 0 Å². The zero-order valence-corrected chi connectivity index (χ0v) is 18.4. The number of hydrogen-bond donors (Lipinski definition) is 3. The molecule has 2 aliphatic rings. The summed E-state index contributed by atoms with van der Waals surface area (Å²) < 4.78 is 0. The molecule has 7 heteroatoms. The highest BCUT2D eigenvalue weighted by molar-refractivity contribution is 5.92. The lowest BCUT2D eigenvalue weighted by molar-refractivity contribution is -0.134. The van der Waals surface area contributed by atoms with E-state index in [1.807, 2.05) is 43.0 Å². The molecule has 30 heavy (non-hydrogen) atoms. The fraction of sp³-hybridized carbons (Fsp3) is 0.609. The van der Waals surface area contributed by atoms with Gasteiger partial charge >= 0.3 is 0 Å². The minimum Gasteiger partial charge on any atom is -0.352 e. The van der Waals surface area contributed by atoms with E-state index in [1.54, 1.807) is 7.05 Å². The third-order valence-electron chi connectivity index (χ3n) is 5.97. The third kappa shape index (κ3) is 5.97. The van der Waals surface area contributed by atoms with E-state index in [0.717, 1.165) is 49.6 Å². The van der Waals surface area contributed by atoms with Gasteiger partial charge in [0.15, 0.2) is 5.96 Å². The lowest BCUT2D eigenvalue weighted by Crippen LogP contribution is -2.45. The van der Waals surface area contributed by atoms with Crippen LogP contribution in [-0.2, 0) is 16.1 Å². The van der Waals surface area contributed by atoms with Gasteiger partial charge in [0.25, 0.3) is 0 Å². The Balaban J connectivity index is 1.44. The molecule has 1 atom stereocenters. The number of anilines is 1. The molecule has 7 nitrogen and oxygen atoms in total. The van der Waals surface area contributed by atoms with Crippen LogP contribution in [0.1, 0.15) is 51.5 Å². The first-order valence-corrected chi connectivity index (χ1v) is 11.1. The lowest BCUT2D eigenvalue weighted by atomic mass is 10.1. The van der Waals surface area contributed by atoms with Crippen molar-refractivity contribution in [1.82, 2.24) is 15.5 Å². The second kappa shape index (κ2) is 10.5. The number of guanidine groups is 1. The van der Waals surface area contributed by atoms with Gasteiger partial charge in [-0.15, -0.1) is 0 Å². The first-order valence-electron chi connectivity index (χ1n) is 11.1. The smallest absolute Gasteiger partial charge is 0.226 e. The van der Waals surface area contributed by atoms with Gasteiger partial charge in [0.1, 0.15) is 0 Å². The number of carbonyl (C=O) groups excluding carboxylic acids is 2. The standard InChI is InChI=1S/C23H35N5O2/c1-16(2)21(29)26-19-10-8-17(9-11-19)14-25-23(24-3)27-20-12-13-28(15-20)22(30)18-6-4-5-7-18/h8-11,16,18,20H,4-7,12-15H2,1-3H3,(H,26,29)(H2,24,25,27). The predicted octanol–water partition coefficient (Wildman–Crippen LogP) is 2.74. The van der Waals surface area contributed by atoms with Gasteiger partial charge in [-0.2, -0.15) is 0 Å². The molecule has 0 bridgehead atoms. The van der Waals surface area contributed by atoms with Gasteiger partial charge in [-0.3, -0.25) is 14.6 Å². The van der Waals surface area contributed by atoms with E-state index in [0.29, 0.717) is 12.5 Å². The van der Waals surface area contributed by atoms with Crippen molar-refractivity contribution in [2.45, 2.75) is 58.5 Å². The number of nitrogens with zero attached hydrogens (tertiary/aromatic N) is 2. The quantitative estimate of drug-likeness (QED) is 0.494. The van der Waals surface area contributed by atoms with E-state index in [2.05, 4.69) is 20.9 Å². The Kier molecular flexibility index (Phi) is 7.71. The molecule has 3 N–H and O–H groups in total. The summed E-state index contributed by atoms with van der Waals surface area (Å²) in [5.41, 5.74) is 1.91. The Morgan fingerprint density at radius 1 is 1.13 bits per heavy atom. The molecule has 1 aromatic carbocycles. The molecule has 1 unspecified atom stereocenters. The van der Waals surface area contributed by atoms with E-state index in [4.69, 9.17) is 0 Å². The summed E-state index contributed by atoms with van der Waals surface area (Å²) in [7, 11) is 1.76. The van der Waals surface area contributed by atoms with Crippen LogP contribution in [0.3, 0.4) is 0 Å². The van der Waals surface area contributed by atoms with E-state index in [-0.39, 0.29) is 23.8 Å². The molecular weight excluding hydrogens is 378 g/mol. The summed E-state index contributed by atoms with van der Waals surface area (Å²) in [5, 5.41) is 9.69. The van der Waals surface area contributed by atoms with Crippen LogP contribution in [0.2, 0.25) is 0 Å². The monoisotopic (exact) mass is 413 g/mol. The van der Waals surface area contributed by atoms with Gasteiger partial charge in [0.2, 0.25) is 11.8 Å². The van der Waals surface area contributed by atoms with Crippen molar-refractivity contribution in [3.8, 4) is 0 Å². The minimum absolute atomic E-state index is 0.0162. The van der Waals surface area contributed by atoms with Crippen LogP contribution in [0.25, 0.3) is 0 Å². The molecule has 1 aliphatic heterocycles. The fourth-order valence-corrected chi connectivity index (χ4v) is 4.08. The van der Waals surface area contributed by atoms with Crippen molar-refractivity contribution in [3.05, 3.63) is 29.8 Å². The van der Waals surface area contributed by atoms with Crippen molar-refractivity contribution >= 4 is 23.5 Å². The van der Waals surface area contributed by atoms with Crippen LogP contribution in [0.4, 0.5) is 5.69 Å². The summed E-state index contributed by atoms with van der Waals surface area (Å²) in [4.78, 5) is 30.7. The molecule has 1 heterocycles. The van der Waals surface area contributed by atoms with E-state index >= 15 is 0 Å². The van der Waals surface area contributed by atoms with Crippen LogP contribution in [-0.4, -0.2) is 48.9 Å². The maximum Gasteiger partial charge on any atom is 0.226 e. The zero-order chi connectivity index (χ0) is 21.5.